The second kappa shape index (κ2) is 7.57. The fourth-order valence-corrected chi connectivity index (χ4v) is 2.91. The predicted molar refractivity (Wildman–Crippen MR) is 83.5 cm³/mol. The Morgan fingerprint density at radius 3 is 2.57 bits per heavy atom. The first-order chi connectivity index (χ1) is 10.1. The molecule has 0 heterocycles. The first-order valence-electron chi connectivity index (χ1n) is 6.98. The van der Waals surface area contributed by atoms with Crippen molar-refractivity contribution in [3.63, 3.8) is 0 Å². The summed E-state index contributed by atoms with van der Waals surface area (Å²) in [7, 11) is 0. The van der Waals surface area contributed by atoms with Crippen LogP contribution in [0, 0.1) is 17.6 Å². The van der Waals surface area contributed by atoms with Crippen molar-refractivity contribution in [3.8, 4) is 0 Å². The first kappa shape index (κ1) is 16.0. The number of rotatable bonds is 6. The van der Waals surface area contributed by atoms with Gasteiger partial charge in [0.15, 0.2) is 0 Å². The van der Waals surface area contributed by atoms with Crippen LogP contribution in [0.4, 0.5) is 8.78 Å². The normalized spacial score (nSPS) is 11.1. The molecule has 2 rings (SSSR count). The summed E-state index contributed by atoms with van der Waals surface area (Å²) >= 11 is 1.26. The molecule has 0 aromatic heterocycles. The highest BCUT2D eigenvalue weighted by atomic mass is 32.2. The van der Waals surface area contributed by atoms with Gasteiger partial charge < -0.3 is 5.32 Å². The third-order valence-corrected chi connectivity index (χ3v) is 4.10. The van der Waals surface area contributed by atoms with Crippen LogP contribution >= 0.6 is 11.8 Å². The van der Waals surface area contributed by atoms with E-state index in [0.717, 1.165) is 35.7 Å². The number of halogens is 2. The lowest BCUT2D eigenvalue weighted by Gasteiger charge is -2.12. The minimum Gasteiger partial charge on any atom is -0.312 e. The molecule has 0 radical (unpaired) electrons. The summed E-state index contributed by atoms with van der Waals surface area (Å²) in [6.07, 6.45) is 0. The van der Waals surface area contributed by atoms with Gasteiger partial charge in [0, 0.05) is 11.4 Å². The van der Waals surface area contributed by atoms with Gasteiger partial charge in [-0.15, -0.1) is 0 Å². The lowest BCUT2D eigenvalue weighted by atomic mass is 10.2. The van der Waals surface area contributed by atoms with Gasteiger partial charge in [0.2, 0.25) is 0 Å². The van der Waals surface area contributed by atoms with Crippen molar-refractivity contribution in [2.75, 3.05) is 6.54 Å². The van der Waals surface area contributed by atoms with Crippen molar-refractivity contribution in [1.82, 2.24) is 5.32 Å². The van der Waals surface area contributed by atoms with Crippen molar-refractivity contribution in [3.05, 3.63) is 59.7 Å². The Kier molecular flexibility index (Phi) is 5.76. The van der Waals surface area contributed by atoms with Crippen molar-refractivity contribution in [2.45, 2.75) is 30.2 Å². The highest BCUT2D eigenvalue weighted by molar-refractivity contribution is 7.99. The molecular formula is C17H19F2NS. The van der Waals surface area contributed by atoms with Crippen LogP contribution < -0.4 is 5.32 Å². The Balaban J connectivity index is 2.14. The van der Waals surface area contributed by atoms with E-state index in [9.17, 15) is 8.78 Å². The van der Waals surface area contributed by atoms with E-state index >= 15 is 0 Å². The van der Waals surface area contributed by atoms with E-state index in [2.05, 4.69) is 19.2 Å². The molecule has 1 nitrogen and oxygen atoms in total. The van der Waals surface area contributed by atoms with E-state index in [1.165, 1.54) is 17.8 Å². The third kappa shape index (κ3) is 4.83. The summed E-state index contributed by atoms with van der Waals surface area (Å²) in [5, 5.41) is 3.37. The van der Waals surface area contributed by atoms with Crippen LogP contribution in [0.25, 0.3) is 0 Å². The van der Waals surface area contributed by atoms with E-state index in [0.29, 0.717) is 10.8 Å². The van der Waals surface area contributed by atoms with Gasteiger partial charge in [-0.2, -0.15) is 0 Å². The molecule has 0 atom stereocenters. The summed E-state index contributed by atoms with van der Waals surface area (Å²) in [5.74, 6) is -0.244. The maximum Gasteiger partial charge on any atom is 0.137 e. The highest BCUT2D eigenvalue weighted by Gasteiger charge is 2.09. The lowest BCUT2D eigenvalue weighted by molar-refractivity contribution is 0.550. The Hall–Kier alpha value is -1.39. The second-order valence-electron chi connectivity index (χ2n) is 5.31. The Morgan fingerprint density at radius 2 is 1.81 bits per heavy atom. The number of benzene rings is 2. The van der Waals surface area contributed by atoms with Crippen LogP contribution in [-0.4, -0.2) is 6.54 Å². The maximum atomic E-state index is 13.7. The zero-order valence-electron chi connectivity index (χ0n) is 12.2. The van der Waals surface area contributed by atoms with Crippen LogP contribution in [-0.2, 0) is 6.54 Å². The highest BCUT2D eigenvalue weighted by Crippen LogP contribution is 2.32. The summed E-state index contributed by atoms with van der Waals surface area (Å²) < 4.78 is 27.0. The van der Waals surface area contributed by atoms with E-state index in [4.69, 9.17) is 0 Å². The van der Waals surface area contributed by atoms with E-state index in [1.54, 1.807) is 0 Å². The average molecular weight is 307 g/mol. The molecule has 0 unspecified atom stereocenters. The molecule has 0 aliphatic carbocycles. The molecule has 0 bridgehead atoms. The monoisotopic (exact) mass is 307 g/mol. The van der Waals surface area contributed by atoms with Gasteiger partial charge in [0.25, 0.3) is 0 Å². The molecular weight excluding hydrogens is 288 g/mol. The number of hydrogen-bond donors (Lipinski definition) is 1. The lowest BCUT2D eigenvalue weighted by Crippen LogP contribution is -2.19. The van der Waals surface area contributed by atoms with Gasteiger partial charge >= 0.3 is 0 Å². The van der Waals surface area contributed by atoms with Crippen molar-refractivity contribution in [1.29, 1.82) is 0 Å². The summed E-state index contributed by atoms with van der Waals surface area (Å²) in [6, 6.07) is 11.3. The number of nitrogens with one attached hydrogen (secondary N) is 1. The Labute approximate surface area is 128 Å². The van der Waals surface area contributed by atoms with Crippen molar-refractivity contribution in [2.24, 2.45) is 5.92 Å². The fourth-order valence-electron chi connectivity index (χ4n) is 1.92. The predicted octanol–water partition coefficient (Wildman–Crippen LogP) is 4.86. The Morgan fingerprint density at radius 1 is 1.05 bits per heavy atom. The maximum absolute atomic E-state index is 13.7. The molecule has 112 valence electrons. The van der Waals surface area contributed by atoms with Gasteiger partial charge in [-0.3, -0.25) is 0 Å². The molecule has 2 aromatic rings. The average Bonchev–Trinajstić information content (AvgIpc) is 2.44. The molecule has 0 fully saturated rings. The van der Waals surface area contributed by atoms with Gasteiger partial charge in [-0.05, 0) is 42.3 Å². The molecule has 0 spiro atoms. The Bertz CT molecular complexity index is 599. The minimum atomic E-state index is -0.422. The van der Waals surface area contributed by atoms with Crippen LogP contribution in [0.2, 0.25) is 0 Å². The fraction of sp³-hybridized carbons (Fsp3) is 0.294. The molecule has 0 aliphatic heterocycles. The second-order valence-corrected chi connectivity index (χ2v) is 6.39. The smallest absolute Gasteiger partial charge is 0.137 e. The molecule has 21 heavy (non-hydrogen) atoms. The summed E-state index contributed by atoms with van der Waals surface area (Å²) in [4.78, 5) is 1.25. The van der Waals surface area contributed by atoms with E-state index < -0.39 is 11.6 Å². The molecule has 1 N–H and O–H groups in total. The van der Waals surface area contributed by atoms with E-state index in [-0.39, 0.29) is 0 Å². The van der Waals surface area contributed by atoms with Crippen LogP contribution in [0.15, 0.2) is 52.3 Å². The van der Waals surface area contributed by atoms with Crippen LogP contribution in [0.3, 0.4) is 0 Å². The topological polar surface area (TPSA) is 12.0 Å². The quantitative estimate of drug-likeness (QED) is 0.818. The molecule has 0 amide bonds. The SMILES string of the molecule is CC(C)CNCc1ccccc1Sc1cc(F)ccc1F. The molecule has 0 saturated carbocycles. The van der Waals surface area contributed by atoms with Crippen LogP contribution in [0.5, 0.6) is 0 Å². The molecule has 4 heteroatoms. The molecule has 0 aliphatic rings. The van der Waals surface area contributed by atoms with Gasteiger partial charge in [0.05, 0.1) is 4.90 Å². The summed E-state index contributed by atoms with van der Waals surface area (Å²) in [5.41, 5.74) is 1.09. The zero-order chi connectivity index (χ0) is 15.2. The van der Waals surface area contributed by atoms with Crippen molar-refractivity contribution >= 4 is 11.8 Å². The van der Waals surface area contributed by atoms with E-state index in [1.807, 2.05) is 24.3 Å². The third-order valence-electron chi connectivity index (χ3n) is 2.95. The molecule has 0 saturated heterocycles. The van der Waals surface area contributed by atoms with Crippen molar-refractivity contribution < 1.29 is 8.78 Å². The standard InChI is InChI=1S/C17H19F2NS/c1-12(2)10-20-11-13-5-3-4-6-16(13)21-17-9-14(18)7-8-15(17)19/h3-9,12,20H,10-11H2,1-2H3. The minimum absolute atomic E-state index is 0.311. The largest absolute Gasteiger partial charge is 0.312 e. The van der Waals surface area contributed by atoms with Crippen LogP contribution in [0.1, 0.15) is 19.4 Å². The molecule has 2 aromatic carbocycles. The van der Waals surface area contributed by atoms with Gasteiger partial charge in [-0.1, -0.05) is 43.8 Å². The summed E-state index contributed by atoms with van der Waals surface area (Å²) in [6.45, 7) is 5.94. The van der Waals surface area contributed by atoms with Gasteiger partial charge in [-0.25, -0.2) is 8.78 Å². The first-order valence-corrected chi connectivity index (χ1v) is 7.79. The zero-order valence-corrected chi connectivity index (χ0v) is 13.0. The van der Waals surface area contributed by atoms with Gasteiger partial charge in [0.1, 0.15) is 11.6 Å². The number of hydrogen-bond acceptors (Lipinski definition) is 2.